The third kappa shape index (κ3) is 29.1. The molecule has 0 aromatic rings. The highest BCUT2D eigenvalue weighted by molar-refractivity contribution is 8.00. The van der Waals surface area contributed by atoms with Crippen molar-refractivity contribution < 1.29 is 86.9 Å². The molecule has 4 fully saturated rings. The summed E-state index contributed by atoms with van der Waals surface area (Å²) in [5, 5.41) is 58.8. The Morgan fingerprint density at radius 2 is 0.820 bits per heavy atom. The number of carbonyl (C=O) groups is 16. The van der Waals surface area contributed by atoms with Gasteiger partial charge in [0.05, 0.1) is 70.0 Å². The van der Waals surface area contributed by atoms with Crippen molar-refractivity contribution in [2.24, 2.45) is 5.92 Å². The molecule has 9 atom stereocenters. The number of hydrogen-bond acceptors (Lipinski definition) is 18. The highest BCUT2D eigenvalue weighted by Crippen LogP contribution is 2.34. The SMILES string of the molecule is CC(C)C[C@H](NC(=O)CNC(=O)[C@H](CCCCNC(=O)CNC(=O)CNC(=O)CNC(=O)CCCC[C@@H]1SC[C@@H]2NC(=O)N[C@@H]21)NC(=O)CNC(=O)CNC(=O)CNC(=O)CCCC[C@@H]1SC[C@@H]2NC(=O)N[C@@H]21)C(=O)N[C@@H](CCC(=O)O)C(=O)NCC(=O)O. The molecule has 16 amide bonds. The van der Waals surface area contributed by atoms with Crippen molar-refractivity contribution in [1.29, 1.82) is 0 Å². The van der Waals surface area contributed by atoms with Crippen LogP contribution in [0.15, 0.2) is 0 Å². The van der Waals surface area contributed by atoms with Gasteiger partial charge in [-0.25, -0.2) is 9.59 Å². The molecule has 0 unspecified atom stereocenters. The largest absolute Gasteiger partial charge is 0.481 e. The van der Waals surface area contributed by atoms with E-state index in [9.17, 15) is 81.8 Å². The van der Waals surface area contributed by atoms with Crippen LogP contribution in [0.4, 0.5) is 9.59 Å². The van der Waals surface area contributed by atoms with Gasteiger partial charge in [-0.05, 0) is 63.7 Å². The van der Waals surface area contributed by atoms with Crippen LogP contribution in [0.25, 0.3) is 0 Å². The molecule has 0 spiro atoms. The molecular formula is C53H84N16O18S2. The highest BCUT2D eigenvalue weighted by atomic mass is 32.2. The minimum absolute atomic E-state index is 0.00179. The molecule has 0 aromatic carbocycles. The van der Waals surface area contributed by atoms with Crippen molar-refractivity contribution in [2.75, 3.05) is 70.4 Å². The van der Waals surface area contributed by atoms with Crippen molar-refractivity contribution in [3.8, 4) is 0 Å². The number of thioether (sulfide) groups is 2. The second-order valence-electron chi connectivity index (χ2n) is 21.9. The molecule has 4 rings (SSSR count). The number of hydrogen-bond donors (Lipinski definition) is 18. The quantitative estimate of drug-likeness (QED) is 0.0200. The molecule has 34 nitrogen and oxygen atoms in total. The van der Waals surface area contributed by atoms with Gasteiger partial charge < -0.3 is 95.3 Å². The molecule has 18 N–H and O–H groups in total. The number of aliphatic carboxylic acids is 2. The zero-order chi connectivity index (χ0) is 65.4. The lowest BCUT2D eigenvalue weighted by molar-refractivity contribution is -0.140. The van der Waals surface area contributed by atoms with Crippen molar-refractivity contribution in [3.63, 3.8) is 0 Å². The van der Waals surface area contributed by atoms with Gasteiger partial charge in [-0.2, -0.15) is 23.5 Å². The van der Waals surface area contributed by atoms with Crippen molar-refractivity contribution >= 4 is 118 Å². The molecule has 0 aliphatic carbocycles. The summed E-state index contributed by atoms with van der Waals surface area (Å²) in [6.45, 7) is -1.13. The fourth-order valence-electron chi connectivity index (χ4n) is 9.66. The summed E-state index contributed by atoms with van der Waals surface area (Å²) in [5.41, 5.74) is 0. The summed E-state index contributed by atoms with van der Waals surface area (Å²) in [6, 6.07) is -4.22. The Hall–Kier alpha value is -8.18. The summed E-state index contributed by atoms with van der Waals surface area (Å²) in [5.74, 6) is -10.0. The molecule has 0 radical (unpaired) electrons. The van der Waals surface area contributed by atoms with E-state index in [2.05, 4.69) is 85.1 Å². The average molecular weight is 1300 g/mol. The van der Waals surface area contributed by atoms with Gasteiger partial charge in [0.15, 0.2) is 0 Å². The number of fused-ring (bicyclic) bond motifs is 2. The zero-order valence-electron chi connectivity index (χ0n) is 49.7. The van der Waals surface area contributed by atoms with Crippen LogP contribution in [-0.4, -0.2) is 228 Å². The molecule has 4 heterocycles. The van der Waals surface area contributed by atoms with Gasteiger partial charge in [0.25, 0.3) is 0 Å². The van der Waals surface area contributed by atoms with Gasteiger partial charge in [0, 0.05) is 47.8 Å². The number of carbonyl (C=O) groups excluding carboxylic acids is 14. The van der Waals surface area contributed by atoms with Crippen LogP contribution < -0.4 is 85.1 Å². The Kier molecular flexibility index (Phi) is 32.1. The fourth-order valence-corrected chi connectivity index (χ4v) is 12.7. The Balaban J connectivity index is 1.19. The Labute approximate surface area is 521 Å². The number of carboxylic acids is 2. The topological polar surface area (TPSA) is 506 Å². The third-order valence-electron chi connectivity index (χ3n) is 14.2. The first-order chi connectivity index (χ1) is 42.3. The Bertz CT molecular complexity index is 2570. The van der Waals surface area contributed by atoms with Crippen molar-refractivity contribution in [1.82, 2.24) is 85.1 Å². The summed E-state index contributed by atoms with van der Waals surface area (Å²) in [4.78, 5) is 198. The molecule has 0 bridgehead atoms. The standard InChI is InChI=1S/C53H84N16O18S2/c1-28(2)17-31(51(85)65-30(14-15-45(79)80)50(84)62-25-46(81)82)64-44(78)24-61-49(83)29(63-43(77)23-60-42(76)22-59-40(74)20-56-37(71)13-6-4-11-35-48-33(27-89-35)67-53(87)69-48)9-7-8-16-54-38(72)18-57-41(75)21-58-39(73)19-55-36(70)12-5-3-10-34-47-32(26-88-34)66-52(86)68-47/h28-35,47-48H,3-27H2,1-2H3,(H,54,72)(H,55,70)(H,56,71)(H,57,75)(H,58,73)(H,59,74)(H,60,76)(H,61,83)(H,62,84)(H,63,77)(H,64,78)(H,65,85)(H,79,80)(H,81,82)(H2,66,68,86)(H2,67,69,87)/t29-,30-,31-,32-,33-,34-,35-,47-,48-/m0/s1. The molecule has 4 aliphatic rings. The van der Waals surface area contributed by atoms with E-state index in [1.165, 1.54) is 0 Å². The first kappa shape index (κ1) is 73.3. The van der Waals surface area contributed by atoms with E-state index in [1.807, 2.05) is 0 Å². The summed E-state index contributed by atoms with van der Waals surface area (Å²) < 4.78 is 0. The van der Waals surface area contributed by atoms with Gasteiger partial charge >= 0.3 is 24.0 Å². The summed E-state index contributed by atoms with van der Waals surface area (Å²) in [6.07, 6.45) is 3.88. The van der Waals surface area contributed by atoms with Crippen LogP contribution in [-0.2, 0) is 67.1 Å². The van der Waals surface area contributed by atoms with E-state index in [4.69, 9.17) is 5.11 Å². The van der Waals surface area contributed by atoms with Crippen molar-refractivity contribution in [3.05, 3.63) is 0 Å². The second kappa shape index (κ2) is 39.0. The zero-order valence-corrected chi connectivity index (χ0v) is 51.3. The lowest BCUT2D eigenvalue weighted by atomic mass is 10.0. The predicted octanol–water partition coefficient (Wildman–Crippen LogP) is -5.90. The molecule has 496 valence electrons. The monoisotopic (exact) mass is 1300 g/mol. The maximum absolute atomic E-state index is 13.6. The average Bonchev–Trinajstić information content (AvgIpc) is 2.80. The molecular weight excluding hydrogens is 1210 g/mol. The van der Waals surface area contributed by atoms with Crippen LogP contribution >= 0.6 is 23.5 Å². The highest BCUT2D eigenvalue weighted by Gasteiger charge is 2.44. The van der Waals surface area contributed by atoms with Crippen LogP contribution in [0.5, 0.6) is 0 Å². The lowest BCUT2D eigenvalue weighted by Crippen LogP contribution is -2.56. The lowest BCUT2D eigenvalue weighted by Gasteiger charge is -2.24. The number of unbranched alkanes of at least 4 members (excludes halogenated alkanes) is 3. The molecule has 0 saturated carbocycles. The van der Waals surface area contributed by atoms with Crippen LogP contribution in [0.2, 0.25) is 0 Å². The van der Waals surface area contributed by atoms with Crippen LogP contribution in [0.1, 0.15) is 104 Å². The van der Waals surface area contributed by atoms with E-state index in [-0.39, 0.29) is 116 Å². The van der Waals surface area contributed by atoms with Gasteiger partial charge in [-0.3, -0.25) is 67.1 Å². The normalized spacial score (nSPS) is 19.5. The van der Waals surface area contributed by atoms with Crippen LogP contribution in [0, 0.1) is 5.92 Å². The first-order valence-electron chi connectivity index (χ1n) is 29.5. The molecule has 4 aliphatic heterocycles. The van der Waals surface area contributed by atoms with Gasteiger partial charge in [-0.15, -0.1) is 0 Å². The first-order valence-corrected chi connectivity index (χ1v) is 31.6. The molecule has 89 heavy (non-hydrogen) atoms. The smallest absolute Gasteiger partial charge is 0.322 e. The van der Waals surface area contributed by atoms with Crippen molar-refractivity contribution in [2.45, 2.75) is 157 Å². The number of urea groups is 2. The van der Waals surface area contributed by atoms with E-state index >= 15 is 0 Å². The Morgan fingerprint density at radius 3 is 1.27 bits per heavy atom. The minimum atomic E-state index is -1.49. The maximum atomic E-state index is 13.6. The van der Waals surface area contributed by atoms with E-state index in [0.717, 1.165) is 37.2 Å². The maximum Gasteiger partial charge on any atom is 0.322 e. The number of nitrogens with one attached hydrogen (secondary N) is 16. The number of carboxylic acid groups (broad SMARTS) is 2. The second-order valence-corrected chi connectivity index (χ2v) is 24.5. The number of amides is 16. The molecule has 36 heteroatoms. The van der Waals surface area contributed by atoms with Gasteiger partial charge in [0.2, 0.25) is 70.9 Å². The fraction of sp³-hybridized carbons (Fsp3) is 0.698. The summed E-state index contributed by atoms with van der Waals surface area (Å²) >= 11 is 3.54. The van der Waals surface area contributed by atoms with E-state index in [0.29, 0.717) is 12.8 Å². The number of rotatable bonds is 42. The Morgan fingerprint density at radius 1 is 0.416 bits per heavy atom. The minimum Gasteiger partial charge on any atom is -0.481 e. The predicted molar refractivity (Wildman–Crippen MR) is 319 cm³/mol. The van der Waals surface area contributed by atoms with Gasteiger partial charge in [-0.1, -0.05) is 26.7 Å². The van der Waals surface area contributed by atoms with E-state index < -0.39 is 148 Å². The molecule has 0 aromatic heterocycles. The van der Waals surface area contributed by atoms with Gasteiger partial charge in [0.1, 0.15) is 24.7 Å². The summed E-state index contributed by atoms with van der Waals surface area (Å²) in [7, 11) is 0. The van der Waals surface area contributed by atoms with E-state index in [1.54, 1.807) is 37.4 Å². The van der Waals surface area contributed by atoms with Crippen LogP contribution in [0.3, 0.4) is 0 Å². The third-order valence-corrected chi connectivity index (χ3v) is 17.2. The molecule has 4 saturated heterocycles.